The molecule has 1 heterocycles. The molecule has 0 aliphatic heterocycles. The van der Waals surface area contributed by atoms with Crippen LogP contribution in [0.5, 0.6) is 0 Å². The average Bonchev–Trinajstić information content (AvgIpc) is 2.47. The first-order chi connectivity index (χ1) is 6.07. The van der Waals surface area contributed by atoms with Crippen molar-refractivity contribution in [2.75, 3.05) is 0 Å². The number of benzene rings is 1. The Hall–Kier alpha value is -1.09. The molecule has 0 aliphatic carbocycles. The summed E-state index contributed by atoms with van der Waals surface area (Å²) in [5.41, 5.74) is 0.622. The van der Waals surface area contributed by atoms with Gasteiger partial charge in [0.05, 0.1) is 11.6 Å². The van der Waals surface area contributed by atoms with Crippen LogP contribution in [0.15, 0.2) is 34.9 Å². The Morgan fingerprint density at radius 1 is 1.23 bits per heavy atom. The molecule has 2 rings (SSSR count). The zero-order valence-corrected chi connectivity index (χ0v) is 7.44. The summed E-state index contributed by atoms with van der Waals surface area (Å²) in [6.07, 6.45) is 1.48. The standard InChI is InChI=1S/C8H7O4P/c9-13(10,11)7-1-2-8-6(5-7)3-4-12-8/h1-5H,(H2,9,10,11). The van der Waals surface area contributed by atoms with Gasteiger partial charge in [-0.25, -0.2) is 0 Å². The summed E-state index contributed by atoms with van der Waals surface area (Å²) in [5, 5.41) is 0.710. The molecule has 1 aromatic carbocycles. The van der Waals surface area contributed by atoms with E-state index in [9.17, 15) is 4.57 Å². The van der Waals surface area contributed by atoms with Gasteiger partial charge in [0.2, 0.25) is 0 Å². The molecule has 4 nitrogen and oxygen atoms in total. The molecule has 0 amide bonds. The molecular formula is C8H7O4P. The second-order valence-electron chi connectivity index (χ2n) is 2.69. The van der Waals surface area contributed by atoms with E-state index in [-0.39, 0.29) is 5.30 Å². The van der Waals surface area contributed by atoms with Gasteiger partial charge in [-0.15, -0.1) is 0 Å². The number of hydrogen-bond acceptors (Lipinski definition) is 2. The largest absolute Gasteiger partial charge is 0.464 e. The van der Waals surface area contributed by atoms with E-state index >= 15 is 0 Å². The van der Waals surface area contributed by atoms with E-state index in [1.54, 1.807) is 12.1 Å². The van der Waals surface area contributed by atoms with Crippen molar-refractivity contribution in [3.63, 3.8) is 0 Å². The molecular weight excluding hydrogens is 191 g/mol. The van der Waals surface area contributed by atoms with Crippen molar-refractivity contribution in [1.82, 2.24) is 0 Å². The van der Waals surface area contributed by atoms with Crippen molar-refractivity contribution in [3.8, 4) is 0 Å². The zero-order chi connectivity index (χ0) is 9.47. The van der Waals surface area contributed by atoms with Crippen LogP contribution >= 0.6 is 7.60 Å². The second kappa shape index (κ2) is 2.70. The predicted octanol–water partition coefficient (Wildman–Crippen LogP) is 1.24. The highest BCUT2D eigenvalue weighted by atomic mass is 31.2. The highest BCUT2D eigenvalue weighted by molar-refractivity contribution is 7.60. The Kier molecular flexibility index (Phi) is 1.77. The Morgan fingerprint density at radius 3 is 2.69 bits per heavy atom. The summed E-state index contributed by atoms with van der Waals surface area (Å²) in [4.78, 5) is 17.7. The Labute approximate surface area is 74.0 Å². The third kappa shape index (κ3) is 1.52. The van der Waals surface area contributed by atoms with Crippen LogP contribution in [0.25, 0.3) is 11.0 Å². The van der Waals surface area contributed by atoms with Crippen LogP contribution in [-0.4, -0.2) is 9.79 Å². The van der Waals surface area contributed by atoms with Gasteiger partial charge in [-0.3, -0.25) is 4.57 Å². The minimum Gasteiger partial charge on any atom is -0.464 e. The van der Waals surface area contributed by atoms with Crippen molar-refractivity contribution in [3.05, 3.63) is 30.5 Å². The maximum absolute atomic E-state index is 10.9. The normalized spacial score (nSPS) is 12.2. The van der Waals surface area contributed by atoms with Gasteiger partial charge < -0.3 is 14.2 Å². The molecule has 0 aliphatic rings. The van der Waals surface area contributed by atoms with Crippen molar-refractivity contribution in [1.29, 1.82) is 0 Å². The third-order valence-electron chi connectivity index (χ3n) is 1.77. The highest BCUT2D eigenvalue weighted by Crippen LogP contribution is 2.34. The smallest absolute Gasteiger partial charge is 0.356 e. The molecule has 0 saturated heterocycles. The summed E-state index contributed by atoms with van der Waals surface area (Å²) >= 11 is 0. The average molecular weight is 198 g/mol. The lowest BCUT2D eigenvalue weighted by atomic mass is 10.3. The van der Waals surface area contributed by atoms with E-state index < -0.39 is 7.60 Å². The minimum absolute atomic E-state index is 0.0152. The van der Waals surface area contributed by atoms with Gasteiger partial charge in [0.1, 0.15) is 5.58 Å². The molecule has 0 spiro atoms. The van der Waals surface area contributed by atoms with Crippen LogP contribution in [0, 0.1) is 0 Å². The van der Waals surface area contributed by atoms with Crippen molar-refractivity contribution < 1.29 is 18.8 Å². The zero-order valence-electron chi connectivity index (χ0n) is 6.54. The van der Waals surface area contributed by atoms with E-state index in [0.717, 1.165) is 0 Å². The molecule has 5 heteroatoms. The molecule has 68 valence electrons. The Morgan fingerprint density at radius 2 is 2.00 bits per heavy atom. The van der Waals surface area contributed by atoms with Crippen LogP contribution in [0.2, 0.25) is 0 Å². The molecule has 0 atom stereocenters. The van der Waals surface area contributed by atoms with Gasteiger partial charge in [-0.05, 0) is 24.3 Å². The number of furan rings is 1. The van der Waals surface area contributed by atoms with E-state index in [2.05, 4.69) is 0 Å². The lowest BCUT2D eigenvalue weighted by Crippen LogP contribution is -2.01. The molecule has 2 aromatic rings. The molecule has 0 saturated carbocycles. The fourth-order valence-corrected chi connectivity index (χ4v) is 1.71. The number of hydrogen-bond donors (Lipinski definition) is 2. The van der Waals surface area contributed by atoms with Gasteiger partial charge in [0, 0.05) is 5.39 Å². The SMILES string of the molecule is O=P(O)(O)c1ccc2occc2c1. The molecule has 0 fully saturated rings. The van der Waals surface area contributed by atoms with E-state index in [4.69, 9.17) is 14.2 Å². The molecule has 0 radical (unpaired) electrons. The van der Waals surface area contributed by atoms with E-state index in [0.29, 0.717) is 11.0 Å². The fourth-order valence-electron chi connectivity index (χ4n) is 1.14. The summed E-state index contributed by atoms with van der Waals surface area (Å²) in [5.74, 6) is 0. The quantitative estimate of drug-likeness (QED) is 0.676. The molecule has 0 unspecified atom stereocenters. The van der Waals surface area contributed by atoms with Crippen LogP contribution in [0.4, 0.5) is 0 Å². The van der Waals surface area contributed by atoms with Gasteiger partial charge in [0.25, 0.3) is 0 Å². The van der Waals surface area contributed by atoms with Crippen molar-refractivity contribution in [2.24, 2.45) is 0 Å². The molecule has 0 bridgehead atoms. The lowest BCUT2D eigenvalue weighted by molar-refractivity contribution is 0.387. The first-order valence-electron chi connectivity index (χ1n) is 3.61. The second-order valence-corrected chi connectivity index (χ2v) is 4.29. The van der Waals surface area contributed by atoms with Gasteiger partial charge in [0.15, 0.2) is 0 Å². The number of fused-ring (bicyclic) bond motifs is 1. The minimum atomic E-state index is -4.14. The summed E-state index contributed by atoms with van der Waals surface area (Å²) in [7, 11) is -4.14. The predicted molar refractivity (Wildman–Crippen MR) is 47.9 cm³/mol. The third-order valence-corrected chi connectivity index (χ3v) is 2.72. The lowest BCUT2D eigenvalue weighted by Gasteiger charge is -2.02. The first-order valence-corrected chi connectivity index (χ1v) is 5.22. The fraction of sp³-hybridized carbons (Fsp3) is 0. The first kappa shape index (κ1) is 8.51. The van der Waals surface area contributed by atoms with Crippen LogP contribution < -0.4 is 5.30 Å². The van der Waals surface area contributed by atoms with Crippen LogP contribution in [0.3, 0.4) is 0 Å². The van der Waals surface area contributed by atoms with Gasteiger partial charge in [-0.1, -0.05) is 0 Å². The molecule has 1 aromatic heterocycles. The van der Waals surface area contributed by atoms with Gasteiger partial charge >= 0.3 is 7.60 Å². The summed E-state index contributed by atoms with van der Waals surface area (Å²) in [6.45, 7) is 0. The van der Waals surface area contributed by atoms with Crippen molar-refractivity contribution >= 4 is 23.9 Å². The van der Waals surface area contributed by atoms with E-state index in [1.165, 1.54) is 18.4 Å². The molecule has 13 heavy (non-hydrogen) atoms. The summed E-state index contributed by atoms with van der Waals surface area (Å²) in [6, 6.07) is 6.00. The maximum Gasteiger partial charge on any atom is 0.356 e. The topological polar surface area (TPSA) is 70.7 Å². The highest BCUT2D eigenvalue weighted by Gasteiger charge is 2.17. The maximum atomic E-state index is 10.9. The van der Waals surface area contributed by atoms with Gasteiger partial charge in [-0.2, -0.15) is 0 Å². The Balaban J connectivity index is 2.67. The van der Waals surface area contributed by atoms with E-state index in [1.807, 2.05) is 0 Å². The Bertz CT molecular complexity index is 482. The van der Waals surface area contributed by atoms with Crippen molar-refractivity contribution in [2.45, 2.75) is 0 Å². The van der Waals surface area contributed by atoms with Crippen LogP contribution in [0.1, 0.15) is 0 Å². The van der Waals surface area contributed by atoms with Crippen LogP contribution in [-0.2, 0) is 4.57 Å². The molecule has 2 N–H and O–H groups in total. The number of rotatable bonds is 1. The summed E-state index contributed by atoms with van der Waals surface area (Å²) < 4.78 is 15.9. The monoisotopic (exact) mass is 198 g/mol.